The third-order valence-electron chi connectivity index (χ3n) is 4.51. The van der Waals surface area contributed by atoms with Gasteiger partial charge in [0, 0.05) is 56.9 Å². The van der Waals surface area contributed by atoms with Crippen LogP contribution in [0.25, 0.3) is 0 Å². The molecular formula is C19H25N5O3. The van der Waals surface area contributed by atoms with E-state index in [0.717, 1.165) is 19.4 Å². The average Bonchev–Trinajstić information content (AvgIpc) is 3.38. The normalized spacial score (nSPS) is 16.1. The molecule has 0 radical (unpaired) electrons. The van der Waals surface area contributed by atoms with Gasteiger partial charge in [0.2, 0.25) is 0 Å². The predicted octanol–water partition coefficient (Wildman–Crippen LogP) is 1.96. The zero-order valence-corrected chi connectivity index (χ0v) is 15.4. The number of ether oxygens (including phenoxy) is 1. The van der Waals surface area contributed by atoms with Gasteiger partial charge < -0.3 is 24.8 Å². The van der Waals surface area contributed by atoms with E-state index in [4.69, 9.17) is 4.74 Å². The average molecular weight is 371 g/mol. The first-order valence-corrected chi connectivity index (χ1v) is 9.09. The highest BCUT2D eigenvalue weighted by Gasteiger charge is 2.16. The summed E-state index contributed by atoms with van der Waals surface area (Å²) in [7, 11) is 1.74. The largest absolute Gasteiger partial charge is 0.376 e. The first-order chi connectivity index (χ1) is 13.1. The lowest BCUT2D eigenvalue weighted by Gasteiger charge is -2.18. The fourth-order valence-corrected chi connectivity index (χ4v) is 2.82. The fraction of sp³-hybridized carbons (Fsp3) is 0.421. The Kier molecular flexibility index (Phi) is 6.43. The molecule has 2 N–H and O–H groups in total. The number of anilines is 1. The molecule has 27 heavy (non-hydrogen) atoms. The summed E-state index contributed by atoms with van der Waals surface area (Å²) in [5, 5.41) is 5.71. The van der Waals surface area contributed by atoms with Gasteiger partial charge in [-0.1, -0.05) is 0 Å². The highest BCUT2D eigenvalue weighted by Crippen LogP contribution is 2.12. The van der Waals surface area contributed by atoms with Crippen molar-refractivity contribution in [3.8, 4) is 0 Å². The van der Waals surface area contributed by atoms with Crippen molar-refractivity contribution in [1.29, 1.82) is 0 Å². The molecule has 2 aromatic rings. The Bertz CT molecular complexity index is 739. The van der Waals surface area contributed by atoms with E-state index in [2.05, 4.69) is 15.6 Å². The van der Waals surface area contributed by atoms with Crippen LogP contribution in [0.5, 0.6) is 0 Å². The van der Waals surface area contributed by atoms with E-state index in [1.165, 1.54) is 0 Å². The lowest BCUT2D eigenvalue weighted by Crippen LogP contribution is -2.33. The Morgan fingerprint density at radius 1 is 1.33 bits per heavy atom. The highest BCUT2D eigenvalue weighted by atomic mass is 16.5. The minimum atomic E-state index is -0.203. The number of aromatic nitrogens is 2. The van der Waals surface area contributed by atoms with E-state index >= 15 is 0 Å². The molecule has 3 rings (SSSR count). The van der Waals surface area contributed by atoms with Crippen LogP contribution in [0.1, 0.15) is 23.2 Å². The lowest BCUT2D eigenvalue weighted by molar-refractivity contribution is 0.0858. The Balaban J connectivity index is 1.44. The van der Waals surface area contributed by atoms with E-state index in [1.54, 1.807) is 48.7 Å². The number of carbonyl (C=O) groups is 2. The Hall–Kier alpha value is -2.87. The van der Waals surface area contributed by atoms with Gasteiger partial charge in [-0.2, -0.15) is 0 Å². The van der Waals surface area contributed by atoms with E-state index in [1.807, 2.05) is 10.8 Å². The second-order valence-corrected chi connectivity index (χ2v) is 6.57. The number of rotatable bonds is 7. The molecule has 8 nitrogen and oxygen atoms in total. The monoisotopic (exact) mass is 371 g/mol. The molecule has 0 spiro atoms. The molecule has 1 aliphatic rings. The van der Waals surface area contributed by atoms with Gasteiger partial charge in [0.05, 0.1) is 12.4 Å². The van der Waals surface area contributed by atoms with Gasteiger partial charge in [0.1, 0.15) is 0 Å². The molecular weight excluding hydrogens is 346 g/mol. The molecule has 144 valence electrons. The molecule has 0 bridgehead atoms. The summed E-state index contributed by atoms with van der Waals surface area (Å²) in [4.78, 5) is 30.0. The number of nitrogens with zero attached hydrogens (tertiary/aromatic N) is 3. The van der Waals surface area contributed by atoms with Crippen LogP contribution in [0, 0.1) is 0 Å². The van der Waals surface area contributed by atoms with E-state index < -0.39 is 0 Å². The van der Waals surface area contributed by atoms with Crippen molar-refractivity contribution in [3.63, 3.8) is 0 Å². The first-order valence-electron chi connectivity index (χ1n) is 9.09. The number of nitrogens with one attached hydrogen (secondary N) is 2. The van der Waals surface area contributed by atoms with Crippen LogP contribution in [-0.2, 0) is 11.3 Å². The van der Waals surface area contributed by atoms with Crippen LogP contribution in [0.3, 0.4) is 0 Å². The van der Waals surface area contributed by atoms with Crippen molar-refractivity contribution in [1.82, 2.24) is 19.8 Å². The molecule has 3 amide bonds. The van der Waals surface area contributed by atoms with E-state index in [-0.39, 0.29) is 18.0 Å². The number of benzene rings is 1. The SMILES string of the molecule is CN(CCn1ccnc1)C(=O)Nc1ccc(C(=O)NC[C@H]2CCCO2)cc1. The smallest absolute Gasteiger partial charge is 0.321 e. The maximum atomic E-state index is 12.2. The molecule has 0 saturated carbocycles. The summed E-state index contributed by atoms with van der Waals surface area (Å²) in [5.74, 6) is -0.138. The minimum absolute atomic E-state index is 0.116. The first kappa shape index (κ1) is 18.9. The van der Waals surface area contributed by atoms with E-state index in [0.29, 0.717) is 30.9 Å². The zero-order chi connectivity index (χ0) is 19.1. The van der Waals surface area contributed by atoms with Crippen LogP contribution < -0.4 is 10.6 Å². The summed E-state index contributed by atoms with van der Waals surface area (Å²) < 4.78 is 7.41. The molecule has 1 atom stereocenters. The molecule has 1 fully saturated rings. The fourth-order valence-electron chi connectivity index (χ4n) is 2.82. The maximum absolute atomic E-state index is 12.2. The molecule has 1 saturated heterocycles. The van der Waals surface area contributed by atoms with Gasteiger partial charge >= 0.3 is 6.03 Å². The zero-order valence-electron chi connectivity index (χ0n) is 15.4. The highest BCUT2D eigenvalue weighted by molar-refractivity contribution is 5.95. The van der Waals surface area contributed by atoms with Crippen molar-refractivity contribution in [3.05, 3.63) is 48.5 Å². The predicted molar refractivity (Wildman–Crippen MR) is 102 cm³/mol. The number of carbonyl (C=O) groups excluding carboxylic acids is 2. The van der Waals surface area contributed by atoms with Gasteiger partial charge in [-0.3, -0.25) is 4.79 Å². The lowest BCUT2D eigenvalue weighted by atomic mass is 10.2. The molecule has 0 aliphatic carbocycles. The molecule has 1 aliphatic heterocycles. The standard InChI is InChI=1S/C19H25N5O3/c1-23(10-11-24-9-8-20-14-24)19(26)22-16-6-4-15(5-7-16)18(25)21-13-17-3-2-12-27-17/h4-9,14,17H,2-3,10-13H2,1H3,(H,21,25)(H,22,26)/t17-/m1/s1. The number of likely N-dealkylation sites (N-methyl/N-ethyl adjacent to an activating group) is 1. The molecule has 2 heterocycles. The summed E-state index contributed by atoms with van der Waals surface area (Å²) in [6.07, 6.45) is 7.43. The van der Waals surface area contributed by atoms with Crippen molar-refractivity contribution in [2.45, 2.75) is 25.5 Å². The van der Waals surface area contributed by atoms with Crippen molar-refractivity contribution in [2.75, 3.05) is 32.1 Å². The van der Waals surface area contributed by atoms with Gasteiger partial charge in [0.15, 0.2) is 0 Å². The van der Waals surface area contributed by atoms with Crippen LogP contribution in [-0.4, -0.2) is 59.2 Å². The van der Waals surface area contributed by atoms with Gasteiger partial charge in [-0.15, -0.1) is 0 Å². The van der Waals surface area contributed by atoms with Crippen molar-refractivity contribution in [2.24, 2.45) is 0 Å². The Morgan fingerprint density at radius 3 is 2.81 bits per heavy atom. The van der Waals surface area contributed by atoms with Crippen molar-refractivity contribution < 1.29 is 14.3 Å². The van der Waals surface area contributed by atoms with Crippen LogP contribution in [0.15, 0.2) is 43.0 Å². The van der Waals surface area contributed by atoms with Gasteiger partial charge in [0.25, 0.3) is 5.91 Å². The second-order valence-electron chi connectivity index (χ2n) is 6.57. The number of hydrogen-bond donors (Lipinski definition) is 2. The van der Waals surface area contributed by atoms with Crippen LogP contribution in [0.4, 0.5) is 10.5 Å². The maximum Gasteiger partial charge on any atom is 0.321 e. The quantitative estimate of drug-likeness (QED) is 0.779. The number of urea groups is 1. The summed E-state index contributed by atoms with van der Waals surface area (Å²) in [6, 6.07) is 6.65. The summed E-state index contributed by atoms with van der Waals surface area (Å²) in [6.45, 7) is 2.53. The van der Waals surface area contributed by atoms with Gasteiger partial charge in [-0.25, -0.2) is 9.78 Å². The van der Waals surface area contributed by atoms with Crippen LogP contribution >= 0.6 is 0 Å². The number of amides is 3. The Labute approximate surface area is 158 Å². The molecule has 1 aromatic carbocycles. The molecule has 8 heteroatoms. The third-order valence-corrected chi connectivity index (χ3v) is 4.51. The summed E-state index contributed by atoms with van der Waals surface area (Å²) >= 11 is 0. The second kappa shape index (κ2) is 9.18. The number of hydrogen-bond acceptors (Lipinski definition) is 4. The molecule has 1 aromatic heterocycles. The van der Waals surface area contributed by atoms with Crippen LogP contribution in [0.2, 0.25) is 0 Å². The minimum Gasteiger partial charge on any atom is -0.376 e. The topological polar surface area (TPSA) is 88.5 Å². The number of imidazole rings is 1. The molecule has 0 unspecified atom stereocenters. The summed E-state index contributed by atoms with van der Waals surface area (Å²) in [5.41, 5.74) is 1.20. The third kappa shape index (κ3) is 5.55. The van der Waals surface area contributed by atoms with Crippen molar-refractivity contribution >= 4 is 17.6 Å². The van der Waals surface area contributed by atoms with E-state index in [9.17, 15) is 9.59 Å². The van der Waals surface area contributed by atoms with Gasteiger partial charge in [-0.05, 0) is 37.1 Å². The Morgan fingerprint density at radius 2 is 2.15 bits per heavy atom.